The van der Waals surface area contributed by atoms with Crippen LogP contribution in [0.15, 0.2) is 0 Å². The minimum atomic E-state index is -3.94. The summed E-state index contributed by atoms with van der Waals surface area (Å²) < 4.78 is 32.4. The summed E-state index contributed by atoms with van der Waals surface area (Å²) in [6.07, 6.45) is 19.5. The van der Waals surface area contributed by atoms with E-state index >= 15 is 0 Å². The molecule has 2 atom stereocenters. The predicted molar refractivity (Wildman–Crippen MR) is 116 cm³/mol. The van der Waals surface area contributed by atoms with Crippen LogP contribution in [-0.2, 0) is 10.1 Å². The molecule has 0 bridgehead atoms. The fourth-order valence-electron chi connectivity index (χ4n) is 3.64. The Balaban J connectivity index is 3.58. The second kappa shape index (κ2) is 17.9. The molecule has 0 spiro atoms. The van der Waals surface area contributed by atoms with Crippen LogP contribution in [0.1, 0.15) is 129 Å². The summed E-state index contributed by atoms with van der Waals surface area (Å²) in [5.41, 5.74) is 0. The number of unbranched alkanes of at least 4 members (excludes halogenated alkanes) is 13. The van der Waals surface area contributed by atoms with Gasteiger partial charge in [-0.1, -0.05) is 103 Å². The summed E-state index contributed by atoms with van der Waals surface area (Å²) in [5.74, 6) is 0. The highest BCUT2D eigenvalue weighted by Crippen LogP contribution is 2.19. The molecule has 4 nitrogen and oxygen atoms in total. The van der Waals surface area contributed by atoms with E-state index in [4.69, 9.17) is 0 Å². The normalized spacial score (nSPS) is 14.4. The number of aliphatic hydroxyl groups excluding tert-OH is 1. The highest BCUT2D eigenvalue weighted by atomic mass is 32.2. The van der Waals surface area contributed by atoms with Gasteiger partial charge in [0.25, 0.3) is 10.1 Å². The molecule has 0 saturated heterocycles. The summed E-state index contributed by atoms with van der Waals surface area (Å²) in [5, 5.41) is 8.62. The minimum Gasteiger partial charge on any atom is -0.393 e. The summed E-state index contributed by atoms with van der Waals surface area (Å²) in [4.78, 5) is 0. The Labute approximate surface area is 169 Å². The first kappa shape index (κ1) is 26.9. The van der Waals surface area contributed by atoms with E-state index in [1.165, 1.54) is 64.2 Å². The van der Waals surface area contributed by atoms with E-state index in [1.807, 2.05) is 0 Å². The molecule has 0 aromatic heterocycles. The second-order valence-electron chi connectivity index (χ2n) is 8.30. The van der Waals surface area contributed by atoms with Crippen molar-refractivity contribution >= 4 is 10.1 Å². The predicted octanol–water partition coefficient (Wildman–Crippen LogP) is 6.67. The van der Waals surface area contributed by atoms with Crippen LogP contribution in [-0.4, -0.2) is 29.4 Å². The molecule has 0 aliphatic rings. The van der Waals surface area contributed by atoms with Gasteiger partial charge in [0.15, 0.2) is 0 Å². The van der Waals surface area contributed by atoms with E-state index in [9.17, 15) is 18.1 Å². The van der Waals surface area contributed by atoms with Crippen molar-refractivity contribution < 1.29 is 18.1 Å². The molecule has 27 heavy (non-hydrogen) atoms. The Kier molecular flexibility index (Phi) is 17.8. The molecular weight excluding hydrogens is 360 g/mol. The lowest BCUT2D eigenvalue weighted by molar-refractivity contribution is 0.180. The molecule has 2 unspecified atom stereocenters. The van der Waals surface area contributed by atoms with E-state index in [0.717, 1.165) is 32.1 Å². The van der Waals surface area contributed by atoms with Crippen molar-refractivity contribution in [2.45, 2.75) is 141 Å². The summed E-state index contributed by atoms with van der Waals surface area (Å²) in [6, 6.07) is 0. The van der Waals surface area contributed by atoms with Crippen molar-refractivity contribution in [2.24, 2.45) is 0 Å². The Hall–Kier alpha value is -0.130. The van der Waals surface area contributed by atoms with Gasteiger partial charge in [0.2, 0.25) is 0 Å². The van der Waals surface area contributed by atoms with Crippen LogP contribution in [0.2, 0.25) is 0 Å². The van der Waals surface area contributed by atoms with E-state index in [1.54, 1.807) is 6.92 Å². The average Bonchev–Trinajstić information content (AvgIpc) is 2.59. The van der Waals surface area contributed by atoms with Crippen molar-refractivity contribution in [1.82, 2.24) is 0 Å². The lowest BCUT2D eigenvalue weighted by Crippen LogP contribution is -2.20. The van der Waals surface area contributed by atoms with E-state index in [-0.39, 0.29) is 6.10 Å². The Morgan fingerprint density at radius 1 is 0.630 bits per heavy atom. The lowest BCUT2D eigenvalue weighted by Gasteiger charge is -2.14. The standard InChI is InChI=1S/C22H46O4S/c1-3-4-5-6-7-8-9-10-11-12-13-14-15-19-22(27(24,25)26)20-17-16-18-21(2)23/h21-23H,3-20H2,1-2H3,(H,24,25,26). The first-order valence-corrected chi connectivity index (χ1v) is 13.0. The Bertz CT molecular complexity index is 407. The molecule has 0 heterocycles. The molecule has 0 fully saturated rings. The third-order valence-corrected chi connectivity index (χ3v) is 6.76. The third kappa shape index (κ3) is 19.0. The molecule has 0 aromatic carbocycles. The fourth-order valence-corrected chi connectivity index (χ4v) is 4.57. The van der Waals surface area contributed by atoms with Gasteiger partial charge in [0, 0.05) is 0 Å². The smallest absolute Gasteiger partial charge is 0.267 e. The molecule has 164 valence electrons. The van der Waals surface area contributed by atoms with Gasteiger partial charge < -0.3 is 5.11 Å². The molecule has 0 aliphatic carbocycles. The van der Waals surface area contributed by atoms with Gasteiger partial charge in [-0.3, -0.25) is 4.55 Å². The summed E-state index contributed by atoms with van der Waals surface area (Å²) >= 11 is 0. The van der Waals surface area contributed by atoms with Crippen LogP contribution in [0.3, 0.4) is 0 Å². The SMILES string of the molecule is CCCCCCCCCCCCCCCC(CCCCC(C)O)S(=O)(=O)O. The molecule has 0 aromatic rings. The van der Waals surface area contributed by atoms with E-state index in [0.29, 0.717) is 19.3 Å². The zero-order valence-corrected chi connectivity index (χ0v) is 18.8. The van der Waals surface area contributed by atoms with Crippen molar-refractivity contribution in [2.75, 3.05) is 0 Å². The monoisotopic (exact) mass is 406 g/mol. The van der Waals surface area contributed by atoms with Crippen LogP contribution in [0.25, 0.3) is 0 Å². The van der Waals surface area contributed by atoms with Crippen LogP contribution in [0, 0.1) is 0 Å². The molecule has 0 saturated carbocycles. The Morgan fingerprint density at radius 3 is 1.33 bits per heavy atom. The highest BCUT2D eigenvalue weighted by Gasteiger charge is 2.21. The quantitative estimate of drug-likeness (QED) is 0.175. The fraction of sp³-hybridized carbons (Fsp3) is 1.00. The maximum absolute atomic E-state index is 11.5. The largest absolute Gasteiger partial charge is 0.393 e. The zero-order chi connectivity index (χ0) is 20.4. The van der Waals surface area contributed by atoms with Crippen LogP contribution < -0.4 is 0 Å². The van der Waals surface area contributed by atoms with E-state index in [2.05, 4.69) is 6.92 Å². The molecule has 5 heteroatoms. The zero-order valence-electron chi connectivity index (χ0n) is 18.0. The molecule has 0 amide bonds. The highest BCUT2D eigenvalue weighted by molar-refractivity contribution is 7.86. The molecular formula is C22H46O4S. The number of aliphatic hydroxyl groups is 1. The second-order valence-corrected chi connectivity index (χ2v) is 10.00. The van der Waals surface area contributed by atoms with Gasteiger partial charge in [0.1, 0.15) is 0 Å². The van der Waals surface area contributed by atoms with E-state index < -0.39 is 15.4 Å². The third-order valence-electron chi connectivity index (χ3n) is 5.45. The number of hydrogen-bond donors (Lipinski definition) is 2. The number of hydrogen-bond acceptors (Lipinski definition) is 3. The molecule has 0 radical (unpaired) electrons. The lowest BCUT2D eigenvalue weighted by atomic mass is 10.0. The molecule has 2 N–H and O–H groups in total. The summed E-state index contributed by atoms with van der Waals surface area (Å²) in [7, 11) is -3.94. The van der Waals surface area contributed by atoms with Crippen molar-refractivity contribution in [3.05, 3.63) is 0 Å². The van der Waals surface area contributed by atoms with Crippen LogP contribution in [0.5, 0.6) is 0 Å². The maximum Gasteiger partial charge on any atom is 0.267 e. The first-order chi connectivity index (χ1) is 12.9. The van der Waals surface area contributed by atoms with Crippen molar-refractivity contribution in [3.8, 4) is 0 Å². The molecule has 0 rings (SSSR count). The van der Waals surface area contributed by atoms with Crippen LogP contribution in [0.4, 0.5) is 0 Å². The minimum absolute atomic E-state index is 0.338. The van der Waals surface area contributed by atoms with Crippen LogP contribution >= 0.6 is 0 Å². The average molecular weight is 407 g/mol. The van der Waals surface area contributed by atoms with Gasteiger partial charge in [-0.2, -0.15) is 8.42 Å². The van der Waals surface area contributed by atoms with Crippen molar-refractivity contribution in [3.63, 3.8) is 0 Å². The van der Waals surface area contributed by atoms with Gasteiger partial charge in [-0.15, -0.1) is 0 Å². The topological polar surface area (TPSA) is 74.6 Å². The van der Waals surface area contributed by atoms with Gasteiger partial charge in [-0.25, -0.2) is 0 Å². The Morgan fingerprint density at radius 2 is 0.963 bits per heavy atom. The first-order valence-electron chi connectivity index (χ1n) is 11.5. The summed E-state index contributed by atoms with van der Waals surface area (Å²) in [6.45, 7) is 4.00. The van der Waals surface area contributed by atoms with Gasteiger partial charge in [-0.05, 0) is 26.2 Å². The molecule has 0 aliphatic heterocycles. The van der Waals surface area contributed by atoms with Crippen molar-refractivity contribution in [1.29, 1.82) is 0 Å². The maximum atomic E-state index is 11.5. The van der Waals surface area contributed by atoms with Gasteiger partial charge >= 0.3 is 0 Å². The van der Waals surface area contributed by atoms with Gasteiger partial charge in [0.05, 0.1) is 11.4 Å². The number of rotatable bonds is 20.